The highest BCUT2D eigenvalue weighted by atomic mass is 27.2. The Bertz CT molecular complexity index is 868. The van der Waals surface area contributed by atoms with Crippen LogP contribution in [-0.2, 0) is 6.18 Å². The van der Waals surface area contributed by atoms with Crippen molar-refractivity contribution in [3.05, 3.63) is 65.9 Å². The van der Waals surface area contributed by atoms with Crippen LogP contribution in [0.5, 0.6) is 11.5 Å². The van der Waals surface area contributed by atoms with Crippen molar-refractivity contribution in [1.29, 1.82) is 0 Å². The summed E-state index contributed by atoms with van der Waals surface area (Å²) in [6, 6.07) is 14.1. The summed E-state index contributed by atoms with van der Waals surface area (Å²) in [7, 11) is 0. The van der Waals surface area contributed by atoms with E-state index in [2.05, 4.69) is 4.98 Å². The molecule has 7 heteroatoms. The van der Waals surface area contributed by atoms with E-state index >= 15 is 0 Å². The fourth-order valence-corrected chi connectivity index (χ4v) is 2.79. The van der Waals surface area contributed by atoms with Gasteiger partial charge in [0.1, 0.15) is 11.3 Å². The highest BCUT2D eigenvalue weighted by molar-refractivity contribution is 6.21. The van der Waals surface area contributed by atoms with Gasteiger partial charge in [-0.1, -0.05) is 24.3 Å². The lowest BCUT2D eigenvalue weighted by atomic mass is 10.2. The number of benzene rings is 2. The van der Waals surface area contributed by atoms with E-state index in [1.54, 1.807) is 6.07 Å². The van der Waals surface area contributed by atoms with E-state index in [9.17, 15) is 13.2 Å². The number of alkyl halides is 3. The third-order valence-electron chi connectivity index (χ3n) is 3.34. The lowest BCUT2D eigenvalue weighted by molar-refractivity contribution is -0.137. The lowest BCUT2D eigenvalue weighted by Gasteiger charge is -2.12. The van der Waals surface area contributed by atoms with Crippen molar-refractivity contribution < 1.29 is 20.7 Å². The van der Waals surface area contributed by atoms with E-state index in [0.717, 1.165) is 23.2 Å². The minimum Gasteiger partial charge on any atom is -0.616 e. The number of pyridine rings is 1. The van der Waals surface area contributed by atoms with E-state index in [4.69, 9.17) is 7.58 Å². The van der Waals surface area contributed by atoms with Gasteiger partial charge in [0, 0.05) is 11.1 Å². The summed E-state index contributed by atoms with van der Waals surface area (Å²) in [6.07, 6.45) is -4.40. The molecule has 2 aromatic carbocycles. The molecule has 0 unspecified atom stereocenters. The molecule has 3 aromatic rings. The third kappa shape index (κ3) is 3.81. The van der Waals surface area contributed by atoms with Crippen LogP contribution in [0.25, 0.3) is 10.9 Å². The standard InChI is InChI=1S/C10H9NO.C7H5F3O.Al/c1-7-5-6-8-3-2-4-9(12)10(8)11-7;8-7(9,10)5-2-1-3-6(11)4-5;/h2-6,12H,1H3;1-4,11H;/q;;+2/p-2. The van der Waals surface area contributed by atoms with Gasteiger partial charge in [-0.25, -0.2) is 4.98 Å². The minimum atomic E-state index is -4.40. The zero-order valence-corrected chi connectivity index (χ0v) is 13.8. The van der Waals surface area contributed by atoms with Gasteiger partial charge >= 0.3 is 22.1 Å². The molecule has 0 aliphatic rings. The monoisotopic (exact) mass is 346 g/mol. The van der Waals surface area contributed by atoms with Crippen LogP contribution in [-0.4, -0.2) is 20.9 Å². The molecular weight excluding hydrogens is 334 g/mol. The second-order valence-electron chi connectivity index (χ2n) is 5.14. The summed E-state index contributed by atoms with van der Waals surface area (Å²) < 4.78 is 49.0. The fourth-order valence-electron chi connectivity index (χ4n) is 2.19. The maximum atomic E-state index is 12.7. The Balaban J connectivity index is 1.72. The molecule has 121 valence electrons. The van der Waals surface area contributed by atoms with Crippen LogP contribution in [0.15, 0.2) is 54.6 Å². The quantitative estimate of drug-likeness (QED) is 0.649. The summed E-state index contributed by atoms with van der Waals surface area (Å²) in [5.41, 5.74) is 0.812. The maximum Gasteiger partial charge on any atom is 0.881 e. The summed E-state index contributed by atoms with van der Waals surface area (Å²) >= 11 is -1.02. The van der Waals surface area contributed by atoms with Crippen molar-refractivity contribution in [3.63, 3.8) is 0 Å². The Labute approximate surface area is 143 Å². The van der Waals surface area contributed by atoms with Gasteiger partial charge in [0.15, 0.2) is 0 Å². The molecule has 3 rings (SSSR count). The van der Waals surface area contributed by atoms with E-state index in [0.29, 0.717) is 11.3 Å². The first-order valence-electron chi connectivity index (χ1n) is 7.12. The van der Waals surface area contributed by atoms with Gasteiger partial charge in [-0.15, -0.1) is 0 Å². The molecule has 3 nitrogen and oxygen atoms in total. The van der Waals surface area contributed by atoms with Crippen LogP contribution < -0.4 is 7.58 Å². The van der Waals surface area contributed by atoms with Gasteiger partial charge in [0.2, 0.25) is 0 Å². The van der Waals surface area contributed by atoms with Crippen molar-refractivity contribution in [2.75, 3.05) is 0 Å². The molecule has 0 saturated heterocycles. The average molecular weight is 346 g/mol. The highest BCUT2D eigenvalue weighted by Gasteiger charge is 2.30. The molecule has 1 heterocycles. The predicted molar refractivity (Wildman–Crippen MR) is 84.9 cm³/mol. The van der Waals surface area contributed by atoms with E-state index in [1.807, 2.05) is 31.2 Å². The van der Waals surface area contributed by atoms with Crippen molar-refractivity contribution in [2.24, 2.45) is 0 Å². The number of aryl methyl sites for hydroxylation is 1. The maximum absolute atomic E-state index is 12.7. The Hall–Kier alpha value is -2.23. The number of rotatable bonds is 4. The highest BCUT2D eigenvalue weighted by Crippen LogP contribution is 2.31. The Morgan fingerprint density at radius 1 is 0.958 bits per heavy atom. The Kier molecular flexibility index (Phi) is 4.65. The zero-order chi connectivity index (χ0) is 17.2. The Morgan fingerprint density at radius 3 is 2.54 bits per heavy atom. The minimum absolute atomic E-state index is 0.129. The summed E-state index contributed by atoms with van der Waals surface area (Å²) in [5, 5.41) is 0.927. The van der Waals surface area contributed by atoms with Crippen LogP contribution in [0.1, 0.15) is 11.3 Å². The molecule has 0 N–H and O–H groups in total. The van der Waals surface area contributed by atoms with Crippen LogP contribution >= 0.6 is 0 Å². The van der Waals surface area contributed by atoms with Gasteiger partial charge in [-0.05, 0) is 37.3 Å². The molecule has 0 spiro atoms. The molecule has 0 atom stereocenters. The van der Waals surface area contributed by atoms with Crippen LogP contribution in [0.3, 0.4) is 0 Å². The summed E-state index contributed by atoms with van der Waals surface area (Å²) in [4.78, 5) is 4.43. The van der Waals surface area contributed by atoms with Gasteiger partial charge in [0.05, 0.1) is 11.3 Å². The van der Waals surface area contributed by atoms with Crippen LogP contribution in [0.2, 0.25) is 0 Å². The molecule has 0 saturated carbocycles. The second-order valence-corrected chi connectivity index (χ2v) is 5.80. The number of para-hydroxylation sites is 1. The van der Waals surface area contributed by atoms with Gasteiger partial charge in [0.25, 0.3) is 0 Å². The SMILES string of the molecule is Cc1ccc2cccc([O][Al][O]c3cccc(C(F)(F)F)c3)c2n1. The molecule has 1 aromatic heterocycles. The first-order valence-corrected chi connectivity index (χ1v) is 8.06. The molecule has 0 aliphatic heterocycles. The number of nitrogens with zero attached hydrogens (tertiary/aromatic N) is 1. The topological polar surface area (TPSA) is 31.4 Å². The first-order chi connectivity index (χ1) is 11.4. The van der Waals surface area contributed by atoms with Crippen molar-refractivity contribution in [1.82, 2.24) is 4.98 Å². The predicted octanol–water partition coefficient (Wildman–Crippen LogP) is 4.55. The van der Waals surface area contributed by atoms with Crippen LogP contribution in [0, 0.1) is 6.92 Å². The van der Waals surface area contributed by atoms with Crippen molar-refractivity contribution in [2.45, 2.75) is 13.1 Å². The summed E-state index contributed by atoms with van der Waals surface area (Å²) in [5.74, 6) is 0.683. The number of hydrogen-bond donors (Lipinski definition) is 0. The van der Waals surface area contributed by atoms with E-state index in [1.165, 1.54) is 12.1 Å². The molecule has 24 heavy (non-hydrogen) atoms. The zero-order valence-electron chi connectivity index (χ0n) is 12.7. The Morgan fingerprint density at radius 2 is 1.75 bits per heavy atom. The van der Waals surface area contributed by atoms with Gasteiger partial charge < -0.3 is 7.58 Å². The molecule has 1 radical (unpaired) electrons. The molecular formula is C17H12AlF3NO2. The normalized spacial score (nSPS) is 11.3. The summed E-state index contributed by atoms with van der Waals surface area (Å²) in [6.45, 7) is 1.88. The molecule has 0 fully saturated rings. The number of hydrogen-bond acceptors (Lipinski definition) is 3. The molecule has 0 amide bonds. The van der Waals surface area contributed by atoms with Crippen LogP contribution in [0.4, 0.5) is 13.2 Å². The first kappa shape index (κ1) is 16.6. The molecule has 0 aliphatic carbocycles. The third-order valence-corrected chi connectivity index (χ3v) is 4.06. The van der Waals surface area contributed by atoms with Crippen molar-refractivity contribution >= 4 is 26.8 Å². The molecule has 0 bridgehead atoms. The van der Waals surface area contributed by atoms with E-state index in [-0.39, 0.29) is 5.75 Å². The average Bonchev–Trinajstić information content (AvgIpc) is 2.55. The number of halogens is 3. The lowest BCUT2D eigenvalue weighted by Crippen LogP contribution is -2.12. The van der Waals surface area contributed by atoms with Gasteiger partial charge in [-0.2, -0.15) is 13.2 Å². The second kappa shape index (κ2) is 6.72. The largest absolute Gasteiger partial charge is 0.881 e. The van der Waals surface area contributed by atoms with Gasteiger partial charge in [-0.3, -0.25) is 0 Å². The van der Waals surface area contributed by atoms with E-state index < -0.39 is 27.6 Å². The number of fused-ring (bicyclic) bond motifs is 1. The smallest absolute Gasteiger partial charge is 0.616 e. The fraction of sp³-hybridized carbons (Fsp3) is 0.118. The van der Waals surface area contributed by atoms with Crippen molar-refractivity contribution in [3.8, 4) is 11.5 Å². The number of aromatic nitrogens is 1.